The van der Waals surface area contributed by atoms with E-state index in [1.54, 1.807) is 0 Å². The Morgan fingerprint density at radius 1 is 1.12 bits per heavy atom. The molecule has 140 valence electrons. The molecule has 0 unspecified atom stereocenters. The van der Waals surface area contributed by atoms with Crippen molar-refractivity contribution in [2.24, 2.45) is 0 Å². The third-order valence-electron chi connectivity index (χ3n) is 3.82. The summed E-state index contributed by atoms with van der Waals surface area (Å²) in [6.07, 6.45) is -5.89. The third kappa shape index (κ3) is 4.23. The Balaban J connectivity index is 2.33. The predicted molar refractivity (Wildman–Crippen MR) is 86.3 cm³/mol. The Kier molecular flexibility index (Phi) is 5.71. The summed E-state index contributed by atoms with van der Waals surface area (Å²) in [5.74, 6) is 0.402. The fourth-order valence-corrected chi connectivity index (χ4v) is 2.46. The molecule has 2 aromatic rings. The smallest absolute Gasteiger partial charge is 0.416 e. The third-order valence-corrected chi connectivity index (χ3v) is 3.82. The van der Waals surface area contributed by atoms with Gasteiger partial charge in [0.1, 0.15) is 0 Å². The van der Waals surface area contributed by atoms with Gasteiger partial charge in [-0.05, 0) is 23.8 Å². The molecule has 6 nitrogen and oxygen atoms in total. The average Bonchev–Trinajstić information content (AvgIpc) is 2.60. The molecule has 0 heterocycles. The fraction of sp³-hybridized carbons (Fsp3) is 0.294. The topological polar surface area (TPSA) is 81.8 Å². The first-order valence-electron chi connectivity index (χ1n) is 7.42. The number of ether oxygens (including phenoxy) is 2. The molecule has 0 aliphatic heterocycles. The lowest BCUT2D eigenvalue weighted by Gasteiger charge is -2.15. The molecule has 0 aliphatic carbocycles. The number of hydrogen-bond donors (Lipinski definition) is 1. The van der Waals surface area contributed by atoms with Gasteiger partial charge in [-0.15, -0.1) is 0 Å². The number of benzene rings is 2. The van der Waals surface area contributed by atoms with Gasteiger partial charge in [0.2, 0.25) is 0 Å². The van der Waals surface area contributed by atoms with E-state index in [9.17, 15) is 28.4 Å². The van der Waals surface area contributed by atoms with Crippen molar-refractivity contribution in [2.45, 2.75) is 18.7 Å². The van der Waals surface area contributed by atoms with Gasteiger partial charge in [-0.1, -0.05) is 12.1 Å². The van der Waals surface area contributed by atoms with Crippen LogP contribution in [0.1, 0.15) is 22.8 Å². The van der Waals surface area contributed by atoms with Gasteiger partial charge in [-0.25, -0.2) is 0 Å². The highest BCUT2D eigenvalue weighted by atomic mass is 19.4. The monoisotopic (exact) mass is 371 g/mol. The number of aliphatic hydroxyl groups is 1. The second-order valence-corrected chi connectivity index (χ2v) is 5.43. The Hall–Kier alpha value is -2.81. The van der Waals surface area contributed by atoms with Crippen molar-refractivity contribution in [1.29, 1.82) is 0 Å². The van der Waals surface area contributed by atoms with Gasteiger partial charge in [0.15, 0.2) is 11.5 Å². The molecule has 0 saturated carbocycles. The molecule has 9 heteroatoms. The Morgan fingerprint density at radius 2 is 1.65 bits per heavy atom. The molecule has 0 radical (unpaired) electrons. The van der Waals surface area contributed by atoms with Crippen LogP contribution < -0.4 is 9.47 Å². The van der Waals surface area contributed by atoms with E-state index in [4.69, 9.17) is 9.47 Å². The summed E-state index contributed by atoms with van der Waals surface area (Å²) in [6.45, 7) is 0. The minimum absolute atomic E-state index is 0.159. The summed E-state index contributed by atoms with van der Waals surface area (Å²) in [4.78, 5) is 10.6. The summed E-state index contributed by atoms with van der Waals surface area (Å²) >= 11 is 0. The van der Waals surface area contributed by atoms with Crippen molar-refractivity contribution in [3.05, 3.63) is 63.2 Å². The van der Waals surface area contributed by atoms with Gasteiger partial charge >= 0.3 is 6.18 Å². The molecule has 1 N–H and O–H groups in total. The first-order valence-corrected chi connectivity index (χ1v) is 7.42. The van der Waals surface area contributed by atoms with Crippen molar-refractivity contribution in [1.82, 2.24) is 0 Å². The number of halogens is 3. The minimum atomic E-state index is -4.48. The first-order chi connectivity index (χ1) is 12.2. The zero-order valence-electron chi connectivity index (χ0n) is 13.9. The van der Waals surface area contributed by atoms with Crippen molar-refractivity contribution >= 4 is 5.69 Å². The van der Waals surface area contributed by atoms with Gasteiger partial charge in [-0.3, -0.25) is 10.1 Å². The first kappa shape index (κ1) is 19.5. The summed E-state index contributed by atoms with van der Waals surface area (Å²) in [7, 11) is 2.69. The van der Waals surface area contributed by atoms with Crippen LogP contribution in [-0.2, 0) is 12.6 Å². The Morgan fingerprint density at radius 3 is 2.12 bits per heavy atom. The van der Waals surface area contributed by atoms with Crippen molar-refractivity contribution < 1.29 is 32.7 Å². The average molecular weight is 371 g/mol. The second kappa shape index (κ2) is 7.61. The summed E-state index contributed by atoms with van der Waals surface area (Å²) in [5, 5.41) is 21.6. The minimum Gasteiger partial charge on any atom is -0.493 e. The number of alkyl halides is 3. The molecule has 26 heavy (non-hydrogen) atoms. The number of nitro benzene ring substituents is 1. The number of nitro groups is 1. The maximum atomic E-state index is 12.6. The van der Waals surface area contributed by atoms with Crippen LogP contribution in [0.2, 0.25) is 0 Å². The maximum Gasteiger partial charge on any atom is 0.416 e. The van der Waals surface area contributed by atoms with Gasteiger partial charge in [-0.2, -0.15) is 13.2 Å². The number of hydrogen-bond acceptors (Lipinski definition) is 5. The van der Waals surface area contributed by atoms with Crippen LogP contribution in [-0.4, -0.2) is 24.2 Å². The van der Waals surface area contributed by atoms with Crippen LogP contribution in [0.5, 0.6) is 11.5 Å². The molecular formula is C17H16F3NO5. The molecule has 0 fully saturated rings. The molecular weight excluding hydrogens is 355 g/mol. The predicted octanol–water partition coefficient (Wildman–Crippen LogP) is 3.91. The van der Waals surface area contributed by atoms with Gasteiger partial charge < -0.3 is 14.6 Å². The highest BCUT2D eigenvalue weighted by molar-refractivity contribution is 5.54. The van der Waals surface area contributed by atoms with E-state index in [1.807, 2.05) is 0 Å². The molecule has 0 aliphatic rings. The van der Waals surface area contributed by atoms with E-state index in [1.165, 1.54) is 26.4 Å². The lowest BCUT2D eigenvalue weighted by Crippen LogP contribution is -2.08. The quantitative estimate of drug-likeness (QED) is 0.615. The van der Waals surface area contributed by atoms with Crippen LogP contribution in [0.25, 0.3) is 0 Å². The van der Waals surface area contributed by atoms with Gasteiger partial charge in [0.25, 0.3) is 5.69 Å². The standard InChI is InChI=1S/C17H16F3NO5/c1-25-15-8-11(13(21(23)24)9-16(15)26-2)7-14(22)10-3-5-12(6-4-10)17(18,19)20/h3-6,8-9,14,22H,7H2,1-2H3/t14-/m1/s1. The Bertz CT molecular complexity index is 790. The zero-order chi connectivity index (χ0) is 19.5. The van der Waals surface area contributed by atoms with E-state index in [0.29, 0.717) is 0 Å². The van der Waals surface area contributed by atoms with Crippen LogP contribution in [0, 0.1) is 10.1 Å². The van der Waals surface area contributed by atoms with E-state index in [2.05, 4.69) is 0 Å². The van der Waals surface area contributed by atoms with E-state index >= 15 is 0 Å². The van der Waals surface area contributed by atoms with E-state index < -0.39 is 22.8 Å². The van der Waals surface area contributed by atoms with Gasteiger partial charge in [0, 0.05) is 12.0 Å². The zero-order valence-corrected chi connectivity index (χ0v) is 13.9. The van der Waals surface area contributed by atoms with E-state index in [0.717, 1.165) is 24.3 Å². The second-order valence-electron chi connectivity index (χ2n) is 5.43. The SMILES string of the molecule is COc1cc(C[C@@H](O)c2ccc(C(F)(F)F)cc2)c([N+](=O)[O-])cc1OC. The molecule has 0 aromatic heterocycles. The highest BCUT2D eigenvalue weighted by Crippen LogP contribution is 2.37. The number of aliphatic hydroxyl groups excluding tert-OH is 1. The molecule has 0 spiro atoms. The summed E-state index contributed by atoms with van der Waals surface area (Å²) in [5.41, 5.74) is -0.749. The number of methoxy groups -OCH3 is 2. The maximum absolute atomic E-state index is 12.6. The molecule has 0 amide bonds. The van der Waals surface area contributed by atoms with Crippen molar-refractivity contribution in [3.63, 3.8) is 0 Å². The van der Waals surface area contributed by atoms with Crippen LogP contribution in [0.4, 0.5) is 18.9 Å². The largest absolute Gasteiger partial charge is 0.493 e. The van der Waals surface area contributed by atoms with Crippen LogP contribution in [0.15, 0.2) is 36.4 Å². The van der Waals surface area contributed by atoms with Crippen LogP contribution >= 0.6 is 0 Å². The highest BCUT2D eigenvalue weighted by Gasteiger charge is 2.30. The van der Waals surface area contributed by atoms with Crippen molar-refractivity contribution in [2.75, 3.05) is 14.2 Å². The molecule has 1 atom stereocenters. The van der Waals surface area contributed by atoms with Crippen molar-refractivity contribution in [3.8, 4) is 11.5 Å². The molecule has 0 saturated heterocycles. The fourth-order valence-electron chi connectivity index (χ4n) is 2.46. The van der Waals surface area contributed by atoms with E-state index in [-0.39, 0.29) is 34.7 Å². The molecule has 2 rings (SSSR count). The summed E-state index contributed by atoms with van der Waals surface area (Å²) < 4.78 is 47.9. The van der Waals surface area contributed by atoms with Gasteiger partial charge in [0.05, 0.1) is 36.9 Å². The molecule has 0 bridgehead atoms. The number of nitrogens with zero attached hydrogens (tertiary/aromatic N) is 1. The Labute approximate surface area is 146 Å². The molecule has 2 aromatic carbocycles. The lowest BCUT2D eigenvalue weighted by atomic mass is 9.98. The number of rotatable bonds is 6. The van der Waals surface area contributed by atoms with Crippen LogP contribution in [0.3, 0.4) is 0 Å². The summed E-state index contributed by atoms with van der Waals surface area (Å²) in [6, 6.07) is 6.52. The lowest BCUT2D eigenvalue weighted by molar-refractivity contribution is -0.385. The normalized spacial score (nSPS) is 12.5.